The molecule has 2 aromatic carbocycles. The van der Waals surface area contributed by atoms with Crippen molar-refractivity contribution < 1.29 is 13.2 Å². The number of rotatable bonds is 5. The van der Waals surface area contributed by atoms with Crippen molar-refractivity contribution in [3.63, 3.8) is 0 Å². The monoisotopic (exact) mass is 373 g/mol. The van der Waals surface area contributed by atoms with Gasteiger partial charge in [-0.25, -0.2) is 8.42 Å². The molecule has 0 aliphatic carbocycles. The van der Waals surface area contributed by atoms with Gasteiger partial charge in [0.25, 0.3) is 5.91 Å². The average Bonchev–Trinajstić information content (AvgIpc) is 2.67. The quantitative estimate of drug-likeness (QED) is 0.787. The number of piperidine rings is 1. The van der Waals surface area contributed by atoms with Gasteiger partial charge >= 0.3 is 0 Å². The molecule has 0 atom stereocenters. The van der Waals surface area contributed by atoms with Crippen LogP contribution in [0.2, 0.25) is 0 Å². The molecule has 0 bridgehead atoms. The molecule has 1 aliphatic rings. The molecule has 1 heterocycles. The van der Waals surface area contributed by atoms with Gasteiger partial charge in [0.2, 0.25) is 10.0 Å². The van der Waals surface area contributed by atoms with Crippen molar-refractivity contribution in [1.82, 2.24) is 9.62 Å². The number of hydrogen-bond donors (Lipinski definition) is 2. The smallest absolute Gasteiger partial charge is 0.251 e. The van der Waals surface area contributed by atoms with Crippen LogP contribution in [0.1, 0.15) is 35.2 Å². The Morgan fingerprint density at radius 1 is 1.00 bits per heavy atom. The fraction of sp³-hybridized carbons (Fsp3) is 0.316. The molecule has 3 rings (SSSR count). The lowest BCUT2D eigenvalue weighted by Crippen LogP contribution is -2.36. The van der Waals surface area contributed by atoms with E-state index in [0.717, 1.165) is 19.3 Å². The van der Waals surface area contributed by atoms with Crippen LogP contribution < -0.4 is 11.1 Å². The largest absolute Gasteiger partial charge is 0.399 e. The Kier molecular flexibility index (Phi) is 5.58. The number of amides is 1. The zero-order valence-corrected chi connectivity index (χ0v) is 15.3. The third kappa shape index (κ3) is 4.05. The zero-order chi connectivity index (χ0) is 18.6. The molecular formula is C19H23N3O3S. The molecule has 138 valence electrons. The molecule has 7 heteroatoms. The minimum atomic E-state index is -3.55. The van der Waals surface area contributed by atoms with E-state index in [9.17, 15) is 13.2 Å². The molecule has 1 saturated heterocycles. The highest BCUT2D eigenvalue weighted by Gasteiger charge is 2.27. The minimum Gasteiger partial charge on any atom is -0.399 e. The Balaban J connectivity index is 1.77. The summed E-state index contributed by atoms with van der Waals surface area (Å²) in [6.45, 7) is 1.25. The van der Waals surface area contributed by atoms with Crippen LogP contribution in [0.5, 0.6) is 0 Å². The fourth-order valence-corrected chi connectivity index (χ4v) is 4.80. The van der Waals surface area contributed by atoms with Gasteiger partial charge in [-0.3, -0.25) is 4.79 Å². The number of nitrogens with zero attached hydrogens (tertiary/aromatic N) is 1. The molecule has 0 spiro atoms. The third-order valence-electron chi connectivity index (χ3n) is 4.52. The van der Waals surface area contributed by atoms with E-state index in [1.807, 2.05) is 0 Å². The summed E-state index contributed by atoms with van der Waals surface area (Å²) in [7, 11) is -3.55. The van der Waals surface area contributed by atoms with Crippen LogP contribution in [0, 0.1) is 0 Å². The highest BCUT2D eigenvalue weighted by Crippen LogP contribution is 2.23. The lowest BCUT2D eigenvalue weighted by atomic mass is 10.2. The number of nitrogen functional groups attached to an aromatic ring is 1. The van der Waals surface area contributed by atoms with E-state index in [1.165, 1.54) is 4.31 Å². The van der Waals surface area contributed by atoms with Crippen LogP contribution >= 0.6 is 0 Å². The van der Waals surface area contributed by atoms with Crippen molar-refractivity contribution in [1.29, 1.82) is 0 Å². The van der Waals surface area contributed by atoms with Crippen molar-refractivity contribution in [2.24, 2.45) is 0 Å². The first-order chi connectivity index (χ1) is 12.5. The second kappa shape index (κ2) is 7.88. The molecule has 1 amide bonds. The molecule has 6 nitrogen and oxygen atoms in total. The molecule has 3 N–H and O–H groups in total. The number of nitrogens with two attached hydrogens (primary N) is 1. The Hall–Kier alpha value is -2.38. The van der Waals surface area contributed by atoms with Gasteiger partial charge in [0, 0.05) is 30.9 Å². The lowest BCUT2D eigenvalue weighted by molar-refractivity contribution is 0.0950. The third-order valence-corrected chi connectivity index (χ3v) is 6.52. The molecule has 1 fully saturated rings. The van der Waals surface area contributed by atoms with Crippen molar-refractivity contribution in [2.75, 3.05) is 18.8 Å². The van der Waals surface area contributed by atoms with E-state index >= 15 is 0 Å². The van der Waals surface area contributed by atoms with Crippen LogP contribution in [0.25, 0.3) is 0 Å². The summed E-state index contributed by atoms with van der Waals surface area (Å²) in [5.41, 5.74) is 7.28. The molecule has 26 heavy (non-hydrogen) atoms. The van der Waals surface area contributed by atoms with Gasteiger partial charge in [-0.2, -0.15) is 4.31 Å². The highest BCUT2D eigenvalue weighted by molar-refractivity contribution is 7.89. The topological polar surface area (TPSA) is 92.5 Å². The Labute approximate surface area is 154 Å². The predicted molar refractivity (Wildman–Crippen MR) is 101 cm³/mol. The summed E-state index contributed by atoms with van der Waals surface area (Å²) in [5.74, 6) is -0.268. The number of benzene rings is 2. The molecule has 2 aromatic rings. The van der Waals surface area contributed by atoms with E-state index in [1.54, 1.807) is 48.5 Å². The molecule has 0 aromatic heterocycles. The van der Waals surface area contributed by atoms with Gasteiger partial charge < -0.3 is 11.1 Å². The zero-order valence-electron chi connectivity index (χ0n) is 14.5. The Bertz CT molecular complexity index is 873. The summed E-state index contributed by atoms with van der Waals surface area (Å²) in [6, 6.07) is 13.4. The van der Waals surface area contributed by atoms with Gasteiger partial charge in [0.15, 0.2) is 0 Å². The second-order valence-electron chi connectivity index (χ2n) is 6.38. The minimum absolute atomic E-state index is 0.145. The molecular weight excluding hydrogens is 350 g/mol. The normalized spacial score (nSPS) is 15.5. The first-order valence-corrected chi connectivity index (χ1v) is 10.1. The highest BCUT2D eigenvalue weighted by atomic mass is 32.2. The van der Waals surface area contributed by atoms with Gasteiger partial charge in [-0.05, 0) is 48.7 Å². The maximum atomic E-state index is 13.0. The summed E-state index contributed by atoms with van der Waals surface area (Å²) in [6.07, 6.45) is 2.83. The molecule has 0 radical (unpaired) electrons. The first kappa shape index (κ1) is 18.4. The van der Waals surface area contributed by atoms with Crippen LogP contribution in [0.3, 0.4) is 0 Å². The number of carbonyl (C=O) groups excluding carboxylic acids is 1. The van der Waals surface area contributed by atoms with Crippen LogP contribution in [-0.2, 0) is 16.6 Å². The average molecular weight is 373 g/mol. The number of nitrogens with one attached hydrogen (secondary N) is 1. The maximum Gasteiger partial charge on any atom is 0.251 e. The summed E-state index contributed by atoms with van der Waals surface area (Å²) < 4.78 is 27.5. The standard InChI is InChI=1S/C19H23N3O3S/c20-17-10-8-15(9-11-17)19(23)21-14-16-6-2-3-7-18(16)26(24,25)22-12-4-1-5-13-22/h2-3,6-11H,1,4-5,12-14,20H2,(H,21,23). The van der Waals surface area contributed by atoms with Crippen LogP contribution in [0.4, 0.5) is 5.69 Å². The maximum absolute atomic E-state index is 13.0. The van der Waals surface area contributed by atoms with Gasteiger partial charge in [-0.1, -0.05) is 24.6 Å². The summed E-state index contributed by atoms with van der Waals surface area (Å²) >= 11 is 0. The van der Waals surface area contributed by atoms with Gasteiger partial charge in [-0.15, -0.1) is 0 Å². The van der Waals surface area contributed by atoms with E-state index in [-0.39, 0.29) is 17.3 Å². The van der Waals surface area contributed by atoms with E-state index in [0.29, 0.717) is 29.9 Å². The Morgan fingerprint density at radius 2 is 1.65 bits per heavy atom. The number of anilines is 1. The predicted octanol–water partition coefficient (Wildman–Crippen LogP) is 2.37. The number of hydrogen-bond acceptors (Lipinski definition) is 4. The van der Waals surface area contributed by atoms with Crippen molar-refractivity contribution in [3.05, 3.63) is 59.7 Å². The molecule has 0 saturated carbocycles. The van der Waals surface area contributed by atoms with Crippen molar-refractivity contribution in [3.8, 4) is 0 Å². The molecule has 1 aliphatic heterocycles. The number of carbonyl (C=O) groups is 1. The van der Waals surface area contributed by atoms with Crippen molar-refractivity contribution >= 4 is 21.6 Å². The van der Waals surface area contributed by atoms with Crippen molar-refractivity contribution in [2.45, 2.75) is 30.7 Å². The summed E-state index contributed by atoms with van der Waals surface area (Å²) in [4.78, 5) is 12.5. The van der Waals surface area contributed by atoms with Crippen LogP contribution in [-0.4, -0.2) is 31.7 Å². The van der Waals surface area contributed by atoms with E-state index < -0.39 is 10.0 Å². The van der Waals surface area contributed by atoms with Gasteiger partial charge in [0.1, 0.15) is 0 Å². The lowest BCUT2D eigenvalue weighted by Gasteiger charge is -2.26. The van der Waals surface area contributed by atoms with Gasteiger partial charge in [0.05, 0.1) is 4.90 Å². The SMILES string of the molecule is Nc1ccc(C(=O)NCc2ccccc2S(=O)(=O)N2CCCCC2)cc1. The van der Waals surface area contributed by atoms with Crippen LogP contribution in [0.15, 0.2) is 53.4 Å². The Morgan fingerprint density at radius 3 is 2.35 bits per heavy atom. The fourth-order valence-electron chi connectivity index (χ4n) is 3.06. The first-order valence-electron chi connectivity index (χ1n) is 8.70. The second-order valence-corrected chi connectivity index (χ2v) is 8.28. The van der Waals surface area contributed by atoms with E-state index in [4.69, 9.17) is 5.73 Å². The number of sulfonamides is 1. The van der Waals surface area contributed by atoms with E-state index in [2.05, 4.69) is 5.32 Å². The summed E-state index contributed by atoms with van der Waals surface area (Å²) in [5, 5.41) is 2.79. The molecule has 0 unspecified atom stereocenters.